The Kier molecular flexibility index (Phi) is 5.91. The van der Waals surface area contributed by atoms with Crippen LogP contribution in [-0.4, -0.2) is 73.5 Å². The normalized spacial score (nSPS) is 31.3. The van der Waals surface area contributed by atoms with Crippen molar-refractivity contribution in [2.45, 2.75) is 44.2 Å². The zero-order valence-electron chi connectivity index (χ0n) is 19.0. The molecule has 32 heavy (non-hydrogen) atoms. The molecule has 2 atom stereocenters. The summed E-state index contributed by atoms with van der Waals surface area (Å²) >= 11 is 0. The first-order chi connectivity index (χ1) is 15.7. The van der Waals surface area contributed by atoms with Crippen molar-refractivity contribution < 1.29 is 14.3 Å². The van der Waals surface area contributed by atoms with Gasteiger partial charge in [-0.2, -0.15) is 0 Å². The fourth-order valence-corrected chi connectivity index (χ4v) is 5.04. The molecular formula is C25H32N4O3. The lowest BCUT2D eigenvalue weighted by atomic mass is 9.92. The number of rotatable bonds is 3. The number of piperidine rings is 1. The highest BCUT2D eigenvalue weighted by molar-refractivity contribution is 5.99. The number of oxime groups is 1. The van der Waals surface area contributed by atoms with Crippen LogP contribution in [0, 0.1) is 0 Å². The summed E-state index contributed by atoms with van der Waals surface area (Å²) in [6, 6.07) is 0.0400. The molecule has 0 aromatic carbocycles. The maximum Gasteiger partial charge on any atom is 0.178 e. The summed E-state index contributed by atoms with van der Waals surface area (Å²) in [6.45, 7) is 6.10. The smallest absolute Gasteiger partial charge is 0.178 e. The largest absolute Gasteiger partial charge is 0.499 e. The molecule has 1 spiro atoms. The maximum atomic E-state index is 6.05. The molecule has 5 aliphatic rings. The van der Waals surface area contributed by atoms with Crippen LogP contribution in [-0.2, 0) is 14.3 Å². The van der Waals surface area contributed by atoms with E-state index >= 15 is 0 Å². The van der Waals surface area contributed by atoms with Crippen LogP contribution < -0.4 is 0 Å². The van der Waals surface area contributed by atoms with E-state index in [1.54, 1.807) is 7.11 Å². The van der Waals surface area contributed by atoms with Crippen LogP contribution in [0.15, 0.2) is 69.3 Å². The van der Waals surface area contributed by atoms with E-state index in [0.29, 0.717) is 6.61 Å². The van der Waals surface area contributed by atoms with Gasteiger partial charge in [-0.1, -0.05) is 23.4 Å². The number of nitrogens with zero attached hydrogens (tertiary/aromatic N) is 4. The zero-order valence-corrected chi connectivity index (χ0v) is 19.0. The van der Waals surface area contributed by atoms with Crippen molar-refractivity contribution in [3.8, 4) is 0 Å². The average Bonchev–Trinajstić information content (AvgIpc) is 3.01. The highest BCUT2D eigenvalue weighted by Gasteiger charge is 2.42. The summed E-state index contributed by atoms with van der Waals surface area (Å²) in [7, 11) is 1.74. The van der Waals surface area contributed by atoms with Crippen molar-refractivity contribution in [1.29, 1.82) is 0 Å². The van der Waals surface area contributed by atoms with E-state index in [1.165, 1.54) is 5.57 Å². The molecule has 0 aromatic heterocycles. The fourth-order valence-electron chi connectivity index (χ4n) is 5.04. The fraction of sp³-hybridized carbons (Fsp3) is 0.520. The van der Waals surface area contributed by atoms with Crippen molar-refractivity contribution >= 4 is 12.1 Å². The Labute approximate surface area is 190 Å². The number of aliphatic imine (C=N–C) groups is 1. The van der Waals surface area contributed by atoms with Crippen LogP contribution in [0.2, 0.25) is 0 Å². The Morgan fingerprint density at radius 3 is 3.06 bits per heavy atom. The topological polar surface area (TPSA) is 58.9 Å². The summed E-state index contributed by atoms with van der Waals surface area (Å²) in [5.41, 5.74) is 3.04. The average molecular weight is 437 g/mol. The molecule has 2 fully saturated rings. The molecule has 5 rings (SSSR count). The predicted molar refractivity (Wildman–Crippen MR) is 125 cm³/mol. The molecule has 0 radical (unpaired) electrons. The van der Waals surface area contributed by atoms with E-state index in [0.717, 1.165) is 74.8 Å². The molecule has 2 unspecified atom stereocenters. The number of amidine groups is 1. The van der Waals surface area contributed by atoms with Gasteiger partial charge in [0.1, 0.15) is 11.8 Å². The molecule has 0 bridgehead atoms. The van der Waals surface area contributed by atoms with Gasteiger partial charge in [0.15, 0.2) is 11.4 Å². The third-order valence-electron chi connectivity index (χ3n) is 6.61. The second-order valence-corrected chi connectivity index (χ2v) is 9.07. The van der Waals surface area contributed by atoms with Crippen LogP contribution in [0.5, 0.6) is 0 Å². The molecule has 4 aliphatic heterocycles. The van der Waals surface area contributed by atoms with Crippen molar-refractivity contribution in [2.75, 3.05) is 40.0 Å². The SMILES string of the molecule is COC1=CC(/C=C2\CCCN3CC4(CCCOC4)ON=C23)=CC=CC1N1C=C(C)N=CC1. The molecule has 170 valence electrons. The summed E-state index contributed by atoms with van der Waals surface area (Å²) in [4.78, 5) is 15.0. The zero-order chi connectivity index (χ0) is 22.0. The van der Waals surface area contributed by atoms with Gasteiger partial charge in [0, 0.05) is 25.6 Å². The second-order valence-electron chi connectivity index (χ2n) is 9.07. The Hall–Kier alpha value is -2.80. The van der Waals surface area contributed by atoms with Crippen LogP contribution in [0.4, 0.5) is 0 Å². The summed E-state index contributed by atoms with van der Waals surface area (Å²) < 4.78 is 11.5. The van der Waals surface area contributed by atoms with Crippen molar-refractivity contribution in [2.24, 2.45) is 10.1 Å². The van der Waals surface area contributed by atoms with Gasteiger partial charge in [0.2, 0.25) is 0 Å². The Morgan fingerprint density at radius 1 is 1.31 bits per heavy atom. The van der Waals surface area contributed by atoms with E-state index in [2.05, 4.69) is 56.5 Å². The Balaban J connectivity index is 1.38. The van der Waals surface area contributed by atoms with Gasteiger partial charge < -0.3 is 24.1 Å². The molecular weight excluding hydrogens is 404 g/mol. The molecule has 7 heteroatoms. The molecule has 2 saturated heterocycles. The van der Waals surface area contributed by atoms with Gasteiger partial charge in [-0.25, -0.2) is 0 Å². The first kappa shape index (κ1) is 21.1. The van der Waals surface area contributed by atoms with E-state index in [4.69, 9.17) is 14.3 Å². The van der Waals surface area contributed by atoms with Crippen LogP contribution in [0.3, 0.4) is 0 Å². The van der Waals surface area contributed by atoms with E-state index in [1.807, 2.05) is 13.1 Å². The highest BCUT2D eigenvalue weighted by Crippen LogP contribution is 2.33. The Morgan fingerprint density at radius 2 is 2.25 bits per heavy atom. The lowest BCUT2D eigenvalue weighted by Gasteiger charge is -2.45. The third kappa shape index (κ3) is 4.26. The van der Waals surface area contributed by atoms with Crippen molar-refractivity contribution in [1.82, 2.24) is 9.80 Å². The molecule has 0 saturated carbocycles. The van der Waals surface area contributed by atoms with Gasteiger partial charge >= 0.3 is 0 Å². The minimum Gasteiger partial charge on any atom is -0.499 e. The van der Waals surface area contributed by atoms with E-state index in [9.17, 15) is 0 Å². The first-order valence-corrected chi connectivity index (χ1v) is 11.6. The van der Waals surface area contributed by atoms with Crippen LogP contribution in [0.1, 0.15) is 32.6 Å². The number of methoxy groups -OCH3 is 1. The lowest BCUT2D eigenvalue weighted by molar-refractivity contribution is -0.146. The summed E-state index contributed by atoms with van der Waals surface area (Å²) in [5.74, 6) is 1.88. The molecule has 0 N–H and O–H groups in total. The molecule has 4 heterocycles. The van der Waals surface area contributed by atoms with Gasteiger partial charge in [0.05, 0.1) is 32.5 Å². The minimum atomic E-state index is -0.283. The number of ether oxygens (including phenoxy) is 2. The maximum absolute atomic E-state index is 6.05. The molecule has 7 nitrogen and oxygen atoms in total. The van der Waals surface area contributed by atoms with Gasteiger partial charge in [-0.3, -0.25) is 4.99 Å². The lowest BCUT2D eigenvalue weighted by Crippen LogP contribution is -2.56. The molecule has 0 amide bonds. The van der Waals surface area contributed by atoms with Gasteiger partial charge in [-0.05, 0) is 55.9 Å². The Bertz CT molecular complexity index is 950. The third-order valence-corrected chi connectivity index (χ3v) is 6.61. The van der Waals surface area contributed by atoms with Gasteiger partial charge in [-0.15, -0.1) is 0 Å². The quantitative estimate of drug-likeness (QED) is 0.677. The first-order valence-electron chi connectivity index (χ1n) is 11.6. The number of hydrogen-bond donors (Lipinski definition) is 0. The number of fused-ring (bicyclic) bond motifs is 1. The van der Waals surface area contributed by atoms with E-state index < -0.39 is 0 Å². The molecule has 1 aliphatic carbocycles. The predicted octanol–water partition coefficient (Wildman–Crippen LogP) is 3.54. The van der Waals surface area contributed by atoms with Crippen molar-refractivity contribution in [3.05, 3.63) is 59.2 Å². The summed E-state index contributed by atoms with van der Waals surface area (Å²) in [6.07, 6.45) is 19.0. The monoisotopic (exact) mass is 436 g/mol. The van der Waals surface area contributed by atoms with Crippen molar-refractivity contribution in [3.63, 3.8) is 0 Å². The van der Waals surface area contributed by atoms with Gasteiger partial charge in [0.25, 0.3) is 0 Å². The summed E-state index contributed by atoms with van der Waals surface area (Å²) in [5, 5.41) is 4.60. The standard InChI is InChI=1S/C25H32N4O3/c1-19-16-28(12-10-26-19)22-8-3-6-20(15-23(22)30-2)14-21-7-4-11-29-17-25(32-27-24(21)29)9-5-13-31-18-25/h3,6,8,10,14-16,22H,4-5,7,9,11-13,17-18H2,1-2H3/b21-14+. The van der Waals surface area contributed by atoms with Crippen LogP contribution in [0.25, 0.3) is 0 Å². The second kappa shape index (κ2) is 8.98. The van der Waals surface area contributed by atoms with Crippen LogP contribution >= 0.6 is 0 Å². The minimum absolute atomic E-state index is 0.0400. The number of hydrogen-bond acceptors (Lipinski definition) is 7. The number of allylic oxidation sites excluding steroid dienone is 6. The highest BCUT2D eigenvalue weighted by atomic mass is 16.7. The molecule has 0 aromatic rings. The van der Waals surface area contributed by atoms with E-state index in [-0.39, 0.29) is 11.6 Å².